The Morgan fingerprint density at radius 3 is 2.35 bits per heavy atom. The zero-order valence-corrected chi connectivity index (χ0v) is 12.7. The van der Waals surface area contributed by atoms with Crippen molar-refractivity contribution in [2.24, 2.45) is 0 Å². The van der Waals surface area contributed by atoms with Crippen molar-refractivity contribution in [1.29, 1.82) is 0 Å². The van der Waals surface area contributed by atoms with Gasteiger partial charge in [0.2, 0.25) is 5.91 Å². The normalized spacial score (nSPS) is 23.8. The summed E-state index contributed by atoms with van der Waals surface area (Å²) in [4.78, 5) is 16.5. The molecular weight excluding hydrogens is 254 g/mol. The summed E-state index contributed by atoms with van der Waals surface area (Å²) >= 11 is 0. The van der Waals surface area contributed by atoms with Crippen molar-refractivity contribution in [1.82, 2.24) is 15.1 Å². The molecule has 2 fully saturated rings. The molecule has 0 aliphatic carbocycles. The number of hydrogen-bond donors (Lipinski definition) is 2. The Kier molecular flexibility index (Phi) is 6.26. The van der Waals surface area contributed by atoms with Gasteiger partial charge in [-0.15, -0.1) is 0 Å². The van der Waals surface area contributed by atoms with E-state index in [-0.39, 0.29) is 18.1 Å². The lowest BCUT2D eigenvalue weighted by atomic mass is 10.1. The van der Waals surface area contributed by atoms with E-state index in [1.54, 1.807) is 0 Å². The summed E-state index contributed by atoms with van der Waals surface area (Å²) in [5.41, 5.74) is 0. The van der Waals surface area contributed by atoms with Gasteiger partial charge in [-0.25, -0.2) is 0 Å². The number of β-amino-alcohol motifs (C(OH)–C–C–N with tert-alkyl or cyclic N) is 1. The van der Waals surface area contributed by atoms with E-state index >= 15 is 0 Å². The fraction of sp³-hybridized carbons (Fsp3) is 0.933. The molecule has 116 valence electrons. The van der Waals surface area contributed by atoms with Crippen LogP contribution in [0.15, 0.2) is 0 Å². The van der Waals surface area contributed by atoms with Crippen LogP contribution in [0.2, 0.25) is 0 Å². The van der Waals surface area contributed by atoms with Crippen LogP contribution in [-0.4, -0.2) is 72.2 Å². The SMILES string of the molecule is CC(NCC(O)CN1CCCC1)C(=O)N1CCCCC1. The molecule has 0 spiro atoms. The van der Waals surface area contributed by atoms with E-state index in [2.05, 4.69) is 10.2 Å². The highest BCUT2D eigenvalue weighted by Crippen LogP contribution is 2.10. The molecule has 2 rings (SSSR count). The molecule has 2 atom stereocenters. The largest absolute Gasteiger partial charge is 0.390 e. The van der Waals surface area contributed by atoms with Crippen molar-refractivity contribution in [2.45, 2.75) is 51.2 Å². The summed E-state index contributed by atoms with van der Waals surface area (Å²) in [7, 11) is 0. The van der Waals surface area contributed by atoms with Gasteiger partial charge in [-0.3, -0.25) is 4.79 Å². The molecular formula is C15H29N3O2. The van der Waals surface area contributed by atoms with Gasteiger partial charge < -0.3 is 20.2 Å². The fourth-order valence-electron chi connectivity index (χ4n) is 3.12. The van der Waals surface area contributed by atoms with Gasteiger partial charge in [-0.05, 0) is 52.1 Å². The molecule has 0 bridgehead atoms. The number of aliphatic hydroxyl groups is 1. The number of hydrogen-bond acceptors (Lipinski definition) is 4. The Hall–Kier alpha value is -0.650. The van der Waals surface area contributed by atoms with Crippen LogP contribution < -0.4 is 5.32 Å². The van der Waals surface area contributed by atoms with E-state index < -0.39 is 0 Å². The van der Waals surface area contributed by atoms with Crippen LogP contribution in [0, 0.1) is 0 Å². The second-order valence-corrected chi connectivity index (χ2v) is 6.18. The maximum absolute atomic E-state index is 12.2. The van der Waals surface area contributed by atoms with Crippen LogP contribution in [0.1, 0.15) is 39.0 Å². The maximum atomic E-state index is 12.2. The minimum atomic E-state index is -0.385. The molecule has 0 aromatic carbocycles. The Morgan fingerprint density at radius 2 is 1.70 bits per heavy atom. The van der Waals surface area contributed by atoms with E-state index in [0.29, 0.717) is 6.54 Å². The van der Waals surface area contributed by atoms with Crippen LogP contribution in [0.3, 0.4) is 0 Å². The van der Waals surface area contributed by atoms with Crippen molar-refractivity contribution in [3.8, 4) is 0 Å². The van der Waals surface area contributed by atoms with Crippen LogP contribution in [0.4, 0.5) is 0 Å². The van der Waals surface area contributed by atoms with Crippen molar-refractivity contribution in [3.63, 3.8) is 0 Å². The standard InChI is InChI=1S/C15H29N3O2/c1-13(15(20)18-9-3-2-4-10-18)16-11-14(19)12-17-7-5-6-8-17/h13-14,16,19H,2-12H2,1H3. The summed E-state index contributed by atoms with van der Waals surface area (Å²) in [5.74, 6) is 0.179. The molecule has 0 saturated carbocycles. The van der Waals surface area contributed by atoms with E-state index in [4.69, 9.17) is 0 Å². The molecule has 0 radical (unpaired) electrons. The predicted molar refractivity (Wildman–Crippen MR) is 79.6 cm³/mol. The van der Waals surface area contributed by atoms with E-state index in [9.17, 15) is 9.90 Å². The molecule has 2 saturated heterocycles. The molecule has 2 N–H and O–H groups in total. The second-order valence-electron chi connectivity index (χ2n) is 6.18. The highest BCUT2D eigenvalue weighted by Gasteiger charge is 2.23. The first kappa shape index (κ1) is 15.7. The fourth-order valence-corrected chi connectivity index (χ4v) is 3.12. The zero-order valence-electron chi connectivity index (χ0n) is 12.7. The van der Waals surface area contributed by atoms with E-state index in [1.807, 2.05) is 11.8 Å². The lowest BCUT2D eigenvalue weighted by Gasteiger charge is -2.30. The lowest BCUT2D eigenvalue weighted by molar-refractivity contribution is -0.134. The third kappa shape index (κ3) is 4.72. The molecule has 2 aliphatic heterocycles. The number of carbonyl (C=O) groups excluding carboxylic acids is 1. The average molecular weight is 283 g/mol. The average Bonchev–Trinajstić information content (AvgIpc) is 2.97. The van der Waals surface area contributed by atoms with Gasteiger partial charge >= 0.3 is 0 Å². The van der Waals surface area contributed by atoms with Crippen LogP contribution in [0.25, 0.3) is 0 Å². The monoisotopic (exact) mass is 283 g/mol. The molecule has 2 heterocycles. The number of nitrogens with zero attached hydrogens (tertiary/aromatic N) is 2. The summed E-state index contributed by atoms with van der Waals surface area (Å²) in [5, 5.41) is 13.2. The van der Waals surface area contributed by atoms with E-state index in [1.165, 1.54) is 19.3 Å². The van der Waals surface area contributed by atoms with Gasteiger partial charge in [-0.2, -0.15) is 0 Å². The first-order valence-corrected chi connectivity index (χ1v) is 8.09. The first-order chi connectivity index (χ1) is 9.66. The minimum Gasteiger partial charge on any atom is -0.390 e. The topological polar surface area (TPSA) is 55.8 Å². The Morgan fingerprint density at radius 1 is 1.10 bits per heavy atom. The molecule has 2 unspecified atom stereocenters. The predicted octanol–water partition coefficient (Wildman–Crippen LogP) is 0.434. The number of nitrogens with one attached hydrogen (secondary N) is 1. The van der Waals surface area contributed by atoms with Crippen molar-refractivity contribution in [3.05, 3.63) is 0 Å². The molecule has 0 aromatic heterocycles. The van der Waals surface area contributed by atoms with Crippen LogP contribution in [-0.2, 0) is 4.79 Å². The number of rotatable bonds is 6. The summed E-state index contributed by atoms with van der Waals surface area (Å²) in [6.45, 7) is 7.09. The molecule has 20 heavy (non-hydrogen) atoms. The van der Waals surface area contributed by atoms with Crippen molar-refractivity contribution in [2.75, 3.05) is 39.3 Å². The molecule has 1 amide bonds. The number of aliphatic hydroxyl groups excluding tert-OH is 1. The minimum absolute atomic E-state index is 0.179. The van der Waals surface area contributed by atoms with Gasteiger partial charge in [0, 0.05) is 26.2 Å². The third-order valence-electron chi connectivity index (χ3n) is 4.37. The number of piperidine rings is 1. The third-order valence-corrected chi connectivity index (χ3v) is 4.37. The summed E-state index contributed by atoms with van der Waals surface area (Å²) in [6.07, 6.45) is 5.57. The van der Waals surface area contributed by atoms with E-state index in [0.717, 1.165) is 45.6 Å². The summed E-state index contributed by atoms with van der Waals surface area (Å²) in [6, 6.07) is -0.193. The van der Waals surface area contributed by atoms with Crippen LogP contribution >= 0.6 is 0 Å². The maximum Gasteiger partial charge on any atom is 0.239 e. The second kappa shape index (κ2) is 7.96. The van der Waals surface area contributed by atoms with Gasteiger partial charge in [0.1, 0.15) is 0 Å². The summed E-state index contributed by atoms with van der Waals surface area (Å²) < 4.78 is 0. The Balaban J connectivity index is 1.65. The Bertz CT molecular complexity index is 299. The molecule has 0 aromatic rings. The smallest absolute Gasteiger partial charge is 0.239 e. The highest BCUT2D eigenvalue weighted by molar-refractivity contribution is 5.81. The Labute approximate surface area is 122 Å². The highest BCUT2D eigenvalue weighted by atomic mass is 16.3. The number of amides is 1. The van der Waals surface area contributed by atoms with Crippen molar-refractivity contribution >= 4 is 5.91 Å². The molecule has 5 nitrogen and oxygen atoms in total. The zero-order chi connectivity index (χ0) is 14.4. The first-order valence-electron chi connectivity index (χ1n) is 8.09. The van der Waals surface area contributed by atoms with Gasteiger partial charge in [0.05, 0.1) is 12.1 Å². The molecule has 5 heteroatoms. The number of carbonyl (C=O) groups is 1. The van der Waals surface area contributed by atoms with Gasteiger partial charge in [-0.1, -0.05) is 0 Å². The number of likely N-dealkylation sites (tertiary alicyclic amines) is 2. The quantitative estimate of drug-likeness (QED) is 0.742. The van der Waals surface area contributed by atoms with Crippen LogP contribution in [0.5, 0.6) is 0 Å². The van der Waals surface area contributed by atoms with Gasteiger partial charge in [0.15, 0.2) is 0 Å². The van der Waals surface area contributed by atoms with Gasteiger partial charge in [0.25, 0.3) is 0 Å². The lowest BCUT2D eigenvalue weighted by Crippen LogP contribution is -2.49. The van der Waals surface area contributed by atoms with Crippen molar-refractivity contribution < 1.29 is 9.90 Å². The molecule has 2 aliphatic rings.